The average molecular weight is 297 g/mol. The molecule has 2 rings (SSSR count). The van der Waals surface area contributed by atoms with Crippen LogP contribution in [0.3, 0.4) is 0 Å². The van der Waals surface area contributed by atoms with Crippen molar-refractivity contribution in [1.29, 1.82) is 0 Å². The highest BCUT2D eigenvalue weighted by Gasteiger charge is 2.19. The molecule has 0 fully saturated rings. The maximum absolute atomic E-state index is 12.1. The van der Waals surface area contributed by atoms with Gasteiger partial charge < -0.3 is 5.73 Å². The van der Waals surface area contributed by atoms with Gasteiger partial charge in [0.05, 0.1) is 6.04 Å². The first-order chi connectivity index (χ1) is 9.03. The third-order valence-electron chi connectivity index (χ3n) is 2.61. The highest BCUT2D eigenvalue weighted by molar-refractivity contribution is 7.89. The number of rotatable bonds is 5. The van der Waals surface area contributed by atoms with Crippen LogP contribution in [0.15, 0.2) is 40.9 Å². The van der Waals surface area contributed by atoms with Crippen molar-refractivity contribution in [3.8, 4) is 0 Å². The van der Waals surface area contributed by atoms with Gasteiger partial charge in [0, 0.05) is 17.6 Å². The number of nitrogens with one attached hydrogen (secondary N) is 1. The maximum atomic E-state index is 12.1. The Morgan fingerprint density at radius 3 is 2.74 bits per heavy atom. The summed E-state index contributed by atoms with van der Waals surface area (Å²) in [7, 11) is -3.61. The second-order valence-electron chi connectivity index (χ2n) is 4.07. The van der Waals surface area contributed by atoms with Gasteiger partial charge in [-0.2, -0.15) is 0 Å². The van der Waals surface area contributed by atoms with Crippen molar-refractivity contribution in [2.24, 2.45) is 5.73 Å². The number of hydrogen-bond donors (Lipinski definition) is 2. The summed E-state index contributed by atoms with van der Waals surface area (Å²) in [6.07, 6.45) is 1.48. The van der Waals surface area contributed by atoms with E-state index >= 15 is 0 Å². The van der Waals surface area contributed by atoms with E-state index in [-0.39, 0.29) is 11.1 Å². The molecule has 7 heteroatoms. The lowest BCUT2D eigenvalue weighted by molar-refractivity contribution is 0.564. The van der Waals surface area contributed by atoms with Crippen LogP contribution in [0.2, 0.25) is 0 Å². The predicted octanol–water partition coefficient (Wildman–Crippen LogP) is 1.64. The number of nitrogens with two attached hydrogens (primary N) is 1. The Morgan fingerprint density at radius 1 is 1.42 bits per heavy atom. The summed E-state index contributed by atoms with van der Waals surface area (Å²) >= 11 is 1.51. The van der Waals surface area contributed by atoms with Crippen LogP contribution in [0, 0.1) is 0 Å². The Morgan fingerprint density at radius 2 is 2.21 bits per heavy atom. The average Bonchev–Trinajstić information content (AvgIpc) is 2.92. The van der Waals surface area contributed by atoms with Gasteiger partial charge in [0.2, 0.25) is 0 Å². The number of thiophene rings is 1. The second-order valence-corrected chi connectivity index (χ2v) is 6.71. The van der Waals surface area contributed by atoms with Gasteiger partial charge in [0.1, 0.15) is 0 Å². The lowest BCUT2D eigenvalue weighted by atomic mass is 10.3. The smallest absolute Gasteiger partial charge is 0.258 e. The molecule has 3 N–H and O–H groups in total. The molecule has 19 heavy (non-hydrogen) atoms. The Hall–Kier alpha value is -1.28. The van der Waals surface area contributed by atoms with Crippen LogP contribution in [0.1, 0.15) is 23.4 Å². The van der Waals surface area contributed by atoms with E-state index < -0.39 is 10.0 Å². The molecule has 0 aliphatic rings. The van der Waals surface area contributed by atoms with Gasteiger partial charge in [-0.3, -0.25) is 0 Å². The van der Waals surface area contributed by atoms with Crippen LogP contribution in [0.25, 0.3) is 0 Å². The predicted molar refractivity (Wildman–Crippen MR) is 75.2 cm³/mol. The van der Waals surface area contributed by atoms with Crippen LogP contribution in [0.5, 0.6) is 0 Å². The molecular formula is C12H15N3O2S2. The van der Waals surface area contributed by atoms with Crippen molar-refractivity contribution in [3.63, 3.8) is 0 Å². The molecule has 0 saturated carbocycles. The van der Waals surface area contributed by atoms with E-state index in [0.29, 0.717) is 6.54 Å². The zero-order valence-electron chi connectivity index (χ0n) is 10.4. The van der Waals surface area contributed by atoms with Crippen molar-refractivity contribution in [1.82, 2.24) is 9.71 Å². The number of pyridine rings is 1. The third kappa shape index (κ3) is 3.38. The van der Waals surface area contributed by atoms with Crippen LogP contribution < -0.4 is 10.5 Å². The van der Waals surface area contributed by atoms with Crippen molar-refractivity contribution >= 4 is 21.4 Å². The lowest BCUT2D eigenvalue weighted by Crippen LogP contribution is -2.27. The summed E-state index contributed by atoms with van der Waals surface area (Å²) in [4.78, 5) is 4.89. The van der Waals surface area contributed by atoms with Crippen molar-refractivity contribution in [3.05, 3.63) is 46.3 Å². The minimum atomic E-state index is -3.61. The molecule has 1 atom stereocenters. The van der Waals surface area contributed by atoms with Gasteiger partial charge in [-0.1, -0.05) is 12.1 Å². The second kappa shape index (κ2) is 5.79. The van der Waals surface area contributed by atoms with Crippen LogP contribution in [-0.2, 0) is 16.6 Å². The standard InChI is InChI=1S/C12H15N3O2S2/c1-9(11-3-2-6-18-11)15-19(16,17)12-5-4-10(7-13)8-14-12/h2-6,8-9,15H,7,13H2,1H3. The van der Waals surface area contributed by atoms with E-state index in [4.69, 9.17) is 5.73 Å². The van der Waals surface area contributed by atoms with Crippen molar-refractivity contribution in [2.45, 2.75) is 24.5 Å². The molecule has 0 bridgehead atoms. The molecule has 2 aromatic rings. The first-order valence-electron chi connectivity index (χ1n) is 5.73. The Kier molecular flexibility index (Phi) is 4.31. The molecule has 2 aromatic heterocycles. The molecule has 0 aliphatic heterocycles. The minimum absolute atomic E-state index is 0.00751. The first-order valence-corrected chi connectivity index (χ1v) is 8.10. The fraction of sp³-hybridized carbons (Fsp3) is 0.250. The monoisotopic (exact) mass is 297 g/mol. The zero-order chi connectivity index (χ0) is 13.9. The zero-order valence-corrected chi connectivity index (χ0v) is 12.0. The Labute approximate surface area is 116 Å². The minimum Gasteiger partial charge on any atom is -0.326 e. The molecule has 0 aliphatic carbocycles. The number of hydrogen-bond acceptors (Lipinski definition) is 5. The van der Waals surface area contributed by atoms with Crippen molar-refractivity contribution in [2.75, 3.05) is 0 Å². The van der Waals surface area contributed by atoms with E-state index in [0.717, 1.165) is 10.4 Å². The quantitative estimate of drug-likeness (QED) is 0.878. The molecule has 102 valence electrons. The topological polar surface area (TPSA) is 85.1 Å². The fourth-order valence-electron chi connectivity index (χ4n) is 1.58. The first kappa shape index (κ1) is 14.1. The maximum Gasteiger partial charge on any atom is 0.258 e. The summed E-state index contributed by atoms with van der Waals surface area (Å²) < 4.78 is 26.9. The van der Waals surface area contributed by atoms with Gasteiger partial charge in [0.25, 0.3) is 10.0 Å². The van der Waals surface area contributed by atoms with Crippen LogP contribution in [0.4, 0.5) is 0 Å². The molecule has 5 nitrogen and oxygen atoms in total. The van der Waals surface area contributed by atoms with Gasteiger partial charge in [-0.25, -0.2) is 18.1 Å². The Balaban J connectivity index is 2.17. The van der Waals surface area contributed by atoms with Crippen molar-refractivity contribution < 1.29 is 8.42 Å². The number of aromatic nitrogens is 1. The van der Waals surface area contributed by atoms with Crippen LogP contribution in [-0.4, -0.2) is 13.4 Å². The molecule has 0 amide bonds. The van der Waals surface area contributed by atoms with E-state index in [1.54, 1.807) is 13.0 Å². The largest absolute Gasteiger partial charge is 0.326 e. The van der Waals surface area contributed by atoms with Crippen LogP contribution >= 0.6 is 11.3 Å². The molecule has 0 aromatic carbocycles. The lowest BCUT2D eigenvalue weighted by Gasteiger charge is -2.12. The highest BCUT2D eigenvalue weighted by Crippen LogP contribution is 2.20. The molecule has 2 heterocycles. The van der Waals surface area contributed by atoms with Gasteiger partial charge >= 0.3 is 0 Å². The van der Waals surface area contributed by atoms with E-state index in [1.165, 1.54) is 23.6 Å². The highest BCUT2D eigenvalue weighted by atomic mass is 32.2. The van der Waals surface area contributed by atoms with E-state index in [2.05, 4.69) is 9.71 Å². The molecule has 0 spiro atoms. The van der Waals surface area contributed by atoms with Gasteiger partial charge in [-0.05, 0) is 30.0 Å². The van der Waals surface area contributed by atoms with E-state index in [1.807, 2.05) is 17.5 Å². The number of nitrogens with zero attached hydrogens (tertiary/aromatic N) is 1. The van der Waals surface area contributed by atoms with E-state index in [9.17, 15) is 8.42 Å². The Bertz CT molecular complexity index is 622. The summed E-state index contributed by atoms with van der Waals surface area (Å²) in [6, 6.07) is 6.63. The van der Waals surface area contributed by atoms with Gasteiger partial charge in [-0.15, -0.1) is 11.3 Å². The molecule has 0 saturated heterocycles. The summed E-state index contributed by atoms with van der Waals surface area (Å²) in [5.41, 5.74) is 6.25. The normalized spacial score (nSPS) is 13.4. The molecule has 1 unspecified atom stereocenters. The number of sulfonamides is 1. The summed E-state index contributed by atoms with van der Waals surface area (Å²) in [5.74, 6) is 0. The molecular weight excluding hydrogens is 282 g/mol. The third-order valence-corrected chi connectivity index (χ3v) is 5.12. The SMILES string of the molecule is CC(NS(=O)(=O)c1ccc(CN)cn1)c1cccs1. The molecule has 0 radical (unpaired) electrons. The summed E-state index contributed by atoms with van der Waals surface area (Å²) in [5, 5.41) is 1.92. The van der Waals surface area contributed by atoms with Gasteiger partial charge in [0.15, 0.2) is 5.03 Å². The summed E-state index contributed by atoms with van der Waals surface area (Å²) in [6.45, 7) is 2.14. The fourth-order valence-corrected chi connectivity index (χ4v) is 3.54.